The van der Waals surface area contributed by atoms with Gasteiger partial charge in [0.1, 0.15) is 5.69 Å². The number of aromatic amines is 2. The lowest BCUT2D eigenvalue weighted by Crippen LogP contribution is -2.28. The molecule has 3 aromatic heterocycles. The van der Waals surface area contributed by atoms with Crippen LogP contribution in [0.4, 0.5) is 5.95 Å². The number of aromatic nitrogens is 6. The van der Waals surface area contributed by atoms with Gasteiger partial charge in [-0.15, -0.1) is 0 Å². The Bertz CT molecular complexity index is 1200. The maximum Gasteiger partial charge on any atom is 0.326 e. The number of nitrogens with zero attached hydrogens (tertiary/aromatic N) is 5. The molecule has 0 bridgehead atoms. The summed E-state index contributed by atoms with van der Waals surface area (Å²) in [5.74, 6) is 0.663. The van der Waals surface area contributed by atoms with E-state index in [0.717, 1.165) is 45.4 Å². The van der Waals surface area contributed by atoms with Crippen molar-refractivity contribution in [3.63, 3.8) is 0 Å². The molecule has 1 aliphatic carbocycles. The standard InChI is InChI=1S/C18H22N8O3/c27-15-13(22-18(28)24-15)6-11-8-20-26-14(11)23-16(25-17(26)21-12-3-4-12)19-7-10-2-1-5-29-9-10/h6,8,10,12,27H,1-5,7,9H2,(H,19,21,25)(H2,22,24,28). The molecule has 4 N–H and O–H groups in total. The first-order valence-electron chi connectivity index (χ1n) is 9.80. The zero-order valence-corrected chi connectivity index (χ0v) is 15.8. The second-order valence-electron chi connectivity index (χ2n) is 7.49. The maximum atomic E-state index is 11.4. The number of imidazole rings is 1. The van der Waals surface area contributed by atoms with Crippen molar-refractivity contribution in [2.45, 2.75) is 31.7 Å². The highest BCUT2D eigenvalue weighted by molar-refractivity contribution is 5.57. The first-order chi connectivity index (χ1) is 14.2. The minimum absolute atomic E-state index is 0.234. The van der Waals surface area contributed by atoms with Gasteiger partial charge in [-0.05, 0) is 37.7 Å². The van der Waals surface area contributed by atoms with Crippen molar-refractivity contribution in [2.24, 2.45) is 10.9 Å². The first kappa shape index (κ1) is 17.9. The van der Waals surface area contributed by atoms with Crippen molar-refractivity contribution < 1.29 is 9.84 Å². The van der Waals surface area contributed by atoms with Crippen LogP contribution in [-0.4, -0.2) is 60.5 Å². The molecule has 4 heterocycles. The molecule has 29 heavy (non-hydrogen) atoms. The molecule has 11 heteroatoms. The van der Waals surface area contributed by atoms with Crippen molar-refractivity contribution in [1.82, 2.24) is 29.5 Å². The van der Waals surface area contributed by atoms with Crippen LogP contribution >= 0.6 is 0 Å². The van der Waals surface area contributed by atoms with Crippen LogP contribution in [0.15, 0.2) is 16.0 Å². The molecule has 1 aliphatic heterocycles. The van der Waals surface area contributed by atoms with Gasteiger partial charge >= 0.3 is 5.69 Å². The Balaban J connectivity index is 1.55. The van der Waals surface area contributed by atoms with E-state index in [9.17, 15) is 9.90 Å². The molecule has 0 amide bonds. The molecule has 2 aliphatic rings. The van der Waals surface area contributed by atoms with Gasteiger partial charge in [-0.1, -0.05) is 0 Å². The Hall–Kier alpha value is -3.21. The summed E-state index contributed by atoms with van der Waals surface area (Å²) in [7, 11) is 0. The van der Waals surface area contributed by atoms with Crippen LogP contribution in [0.25, 0.3) is 11.7 Å². The van der Waals surface area contributed by atoms with Crippen LogP contribution in [0.2, 0.25) is 0 Å². The molecule has 5 rings (SSSR count). The van der Waals surface area contributed by atoms with Crippen molar-refractivity contribution in [3.8, 4) is 5.88 Å². The molecule has 1 unspecified atom stereocenters. The highest BCUT2D eigenvalue weighted by Gasteiger charge is 2.21. The van der Waals surface area contributed by atoms with Crippen molar-refractivity contribution in [1.29, 1.82) is 0 Å². The Morgan fingerprint density at radius 1 is 1.34 bits per heavy atom. The highest BCUT2D eigenvalue weighted by atomic mass is 16.5. The third kappa shape index (κ3) is 3.86. The lowest BCUT2D eigenvalue weighted by molar-refractivity contribution is 0.0594. The van der Waals surface area contributed by atoms with Crippen molar-refractivity contribution in [3.05, 3.63) is 33.2 Å². The number of fused-ring (bicyclic) bond motifs is 1. The monoisotopic (exact) mass is 398 g/mol. The van der Waals surface area contributed by atoms with Gasteiger partial charge in [0.05, 0.1) is 18.8 Å². The predicted molar refractivity (Wildman–Crippen MR) is 103 cm³/mol. The van der Waals surface area contributed by atoms with Crippen LogP contribution in [-0.2, 0) is 4.74 Å². The van der Waals surface area contributed by atoms with E-state index in [0.29, 0.717) is 28.4 Å². The molecule has 2 fully saturated rings. The average molecular weight is 398 g/mol. The van der Waals surface area contributed by atoms with Crippen LogP contribution < -0.4 is 21.8 Å². The van der Waals surface area contributed by atoms with E-state index in [2.05, 4.69) is 35.3 Å². The number of rotatable bonds is 5. The summed E-state index contributed by atoms with van der Waals surface area (Å²) in [6.45, 7) is 2.28. The van der Waals surface area contributed by atoms with E-state index in [1.807, 2.05) is 0 Å². The number of ether oxygens (including phenoxy) is 1. The molecular formula is C18H22N8O3. The molecule has 11 nitrogen and oxygen atoms in total. The number of H-pyrrole nitrogens is 2. The fraction of sp³-hybridized carbons (Fsp3) is 0.500. The third-order valence-corrected chi connectivity index (χ3v) is 5.06. The van der Waals surface area contributed by atoms with Gasteiger partial charge < -0.3 is 20.1 Å². The SMILES string of the molecule is O=c1[nH]c(O)c(C=c2cnn3c(=NC4CC4)nc(NCC4CCCOC4)nc23)[nH]1. The summed E-state index contributed by atoms with van der Waals surface area (Å²) in [5.41, 5.74) is 0.814. The van der Waals surface area contributed by atoms with E-state index in [-0.39, 0.29) is 17.6 Å². The second kappa shape index (κ2) is 7.32. The van der Waals surface area contributed by atoms with E-state index in [4.69, 9.17) is 4.74 Å². The summed E-state index contributed by atoms with van der Waals surface area (Å²) in [5, 5.41) is 18.1. The Morgan fingerprint density at radius 2 is 2.24 bits per heavy atom. The smallest absolute Gasteiger partial charge is 0.326 e. The summed E-state index contributed by atoms with van der Waals surface area (Å²) < 4.78 is 7.12. The lowest BCUT2D eigenvalue weighted by Gasteiger charge is -2.22. The fourth-order valence-corrected chi connectivity index (χ4v) is 3.36. The van der Waals surface area contributed by atoms with E-state index in [1.54, 1.807) is 16.8 Å². The minimum atomic E-state index is -0.485. The van der Waals surface area contributed by atoms with Gasteiger partial charge in [-0.25, -0.2) is 9.79 Å². The Kier molecular flexibility index (Phi) is 4.51. The normalized spacial score (nSPS) is 21.2. The Labute approximate surface area is 164 Å². The minimum Gasteiger partial charge on any atom is -0.493 e. The molecule has 1 atom stereocenters. The fourth-order valence-electron chi connectivity index (χ4n) is 3.36. The molecule has 0 spiro atoms. The van der Waals surface area contributed by atoms with Gasteiger partial charge in [-0.2, -0.15) is 19.6 Å². The van der Waals surface area contributed by atoms with Gasteiger partial charge in [0, 0.05) is 18.4 Å². The molecular weight excluding hydrogens is 376 g/mol. The number of aromatic hydroxyl groups is 1. The van der Waals surface area contributed by atoms with E-state index in [1.165, 1.54) is 0 Å². The van der Waals surface area contributed by atoms with Crippen molar-refractivity contribution in [2.75, 3.05) is 25.1 Å². The number of anilines is 1. The number of hydrogen-bond acceptors (Lipinski definition) is 8. The quantitative estimate of drug-likeness (QED) is 0.444. The molecule has 1 saturated heterocycles. The topological polar surface area (TPSA) is 146 Å². The van der Waals surface area contributed by atoms with E-state index < -0.39 is 5.69 Å². The van der Waals surface area contributed by atoms with E-state index >= 15 is 0 Å². The molecule has 3 aromatic rings. The molecule has 152 valence electrons. The first-order valence-corrected chi connectivity index (χ1v) is 9.80. The van der Waals surface area contributed by atoms with Gasteiger partial charge in [0.25, 0.3) is 5.62 Å². The highest BCUT2D eigenvalue weighted by Crippen LogP contribution is 2.22. The summed E-state index contributed by atoms with van der Waals surface area (Å²) in [6.07, 6.45) is 7.50. The van der Waals surface area contributed by atoms with Crippen LogP contribution in [0.5, 0.6) is 5.88 Å². The summed E-state index contributed by atoms with van der Waals surface area (Å²) in [6, 6.07) is 0.273. The number of hydrogen-bond donors (Lipinski definition) is 4. The third-order valence-electron chi connectivity index (χ3n) is 5.06. The lowest BCUT2D eigenvalue weighted by atomic mass is 10.0. The van der Waals surface area contributed by atoms with Crippen LogP contribution in [0.3, 0.4) is 0 Å². The van der Waals surface area contributed by atoms with Crippen LogP contribution in [0, 0.1) is 5.92 Å². The molecule has 1 saturated carbocycles. The zero-order chi connectivity index (χ0) is 19.8. The largest absolute Gasteiger partial charge is 0.493 e. The van der Waals surface area contributed by atoms with Gasteiger partial charge in [-0.3, -0.25) is 4.98 Å². The molecule has 0 radical (unpaired) electrons. The second-order valence-corrected chi connectivity index (χ2v) is 7.49. The predicted octanol–water partition coefficient (Wildman–Crippen LogP) is -0.704. The maximum absolute atomic E-state index is 11.4. The van der Waals surface area contributed by atoms with Gasteiger partial charge in [0.2, 0.25) is 11.8 Å². The summed E-state index contributed by atoms with van der Waals surface area (Å²) >= 11 is 0. The summed E-state index contributed by atoms with van der Waals surface area (Å²) in [4.78, 5) is 30.0. The Morgan fingerprint density at radius 3 is 2.97 bits per heavy atom. The van der Waals surface area contributed by atoms with Crippen LogP contribution in [0.1, 0.15) is 31.4 Å². The van der Waals surface area contributed by atoms with Crippen molar-refractivity contribution >= 4 is 17.7 Å². The average Bonchev–Trinajstić information content (AvgIpc) is 3.36. The van der Waals surface area contributed by atoms with Gasteiger partial charge in [0.15, 0.2) is 5.65 Å². The number of nitrogens with one attached hydrogen (secondary N) is 3. The zero-order valence-electron chi connectivity index (χ0n) is 15.8. The molecule has 0 aromatic carbocycles.